The number of halogens is 3. The maximum absolute atomic E-state index is 12.3. The van der Waals surface area contributed by atoms with E-state index < -0.39 is 18.3 Å². The van der Waals surface area contributed by atoms with E-state index in [9.17, 15) is 18.0 Å². The van der Waals surface area contributed by atoms with E-state index in [1.165, 1.54) is 18.2 Å². The summed E-state index contributed by atoms with van der Waals surface area (Å²) in [5.74, 6) is 0. The third-order valence-electron chi connectivity index (χ3n) is 1.61. The zero-order valence-corrected chi connectivity index (χ0v) is 6.97. The molecule has 0 spiro atoms. The van der Waals surface area contributed by atoms with Gasteiger partial charge in [0, 0.05) is 5.56 Å². The van der Waals surface area contributed by atoms with Gasteiger partial charge in [0.1, 0.15) is 6.61 Å². The second kappa shape index (κ2) is 4.13. The molecule has 1 aromatic carbocycles. The van der Waals surface area contributed by atoms with E-state index in [1.807, 2.05) is 0 Å². The van der Waals surface area contributed by atoms with E-state index in [2.05, 4.69) is 4.74 Å². The summed E-state index contributed by atoms with van der Waals surface area (Å²) in [6.07, 6.45) is -4.43. The lowest BCUT2D eigenvalue weighted by molar-refractivity contribution is -0.138. The van der Waals surface area contributed by atoms with Crippen LogP contribution in [0.25, 0.3) is 0 Å². The van der Waals surface area contributed by atoms with Gasteiger partial charge in [0.2, 0.25) is 0 Å². The predicted octanol–water partition coefficient (Wildman–Crippen LogP) is 2.29. The van der Waals surface area contributed by atoms with Crippen molar-refractivity contribution in [1.82, 2.24) is 0 Å². The highest BCUT2D eigenvalue weighted by Gasteiger charge is 2.32. The monoisotopic (exact) mass is 203 g/mol. The number of benzene rings is 1. The molecule has 0 aliphatic rings. The first-order chi connectivity index (χ1) is 6.55. The Balaban J connectivity index is 2.97. The van der Waals surface area contributed by atoms with Gasteiger partial charge in [0.25, 0.3) is 0 Å². The molecule has 1 aromatic rings. The number of hydrogen-bond donors (Lipinski definition) is 0. The van der Waals surface area contributed by atoms with Crippen LogP contribution in [0.5, 0.6) is 0 Å². The molecule has 14 heavy (non-hydrogen) atoms. The Morgan fingerprint density at radius 1 is 1.29 bits per heavy atom. The number of ether oxygens (including phenoxy) is 1. The summed E-state index contributed by atoms with van der Waals surface area (Å²) < 4.78 is 41.1. The van der Waals surface area contributed by atoms with Crippen LogP contribution in [-0.4, -0.2) is 6.47 Å². The molecule has 0 aliphatic carbocycles. The largest absolute Gasteiger partial charge is 0.452 e. The van der Waals surface area contributed by atoms with Crippen LogP contribution in [0, 0.1) is 0 Å². The van der Waals surface area contributed by atoms with Gasteiger partial charge in [-0.25, -0.2) is 4.79 Å². The van der Waals surface area contributed by atoms with Gasteiger partial charge in [-0.3, -0.25) is 0 Å². The van der Waals surface area contributed by atoms with Gasteiger partial charge in [-0.1, -0.05) is 18.2 Å². The molecular formula is C9H6F3O2. The summed E-state index contributed by atoms with van der Waals surface area (Å²) in [5, 5.41) is 0. The van der Waals surface area contributed by atoms with Crippen LogP contribution in [0.2, 0.25) is 0 Å². The molecule has 75 valence electrons. The fraction of sp³-hybridized carbons (Fsp3) is 0.222. The maximum Gasteiger partial charge on any atom is 0.417 e. The van der Waals surface area contributed by atoms with Gasteiger partial charge < -0.3 is 4.74 Å². The molecule has 0 N–H and O–H groups in total. The second-order valence-corrected chi connectivity index (χ2v) is 2.53. The molecule has 0 aliphatic heterocycles. The molecular weight excluding hydrogens is 197 g/mol. The molecule has 0 fully saturated rings. The molecule has 0 amide bonds. The predicted molar refractivity (Wildman–Crippen MR) is 41.9 cm³/mol. The van der Waals surface area contributed by atoms with Crippen molar-refractivity contribution in [2.45, 2.75) is 12.8 Å². The third-order valence-corrected chi connectivity index (χ3v) is 1.61. The Bertz CT molecular complexity index is 320. The first-order valence-corrected chi connectivity index (χ1v) is 3.69. The average Bonchev–Trinajstić information content (AvgIpc) is 2.14. The topological polar surface area (TPSA) is 26.3 Å². The number of alkyl halides is 3. The van der Waals surface area contributed by atoms with Crippen LogP contribution in [0.4, 0.5) is 13.2 Å². The van der Waals surface area contributed by atoms with E-state index in [1.54, 1.807) is 0 Å². The van der Waals surface area contributed by atoms with E-state index in [4.69, 9.17) is 0 Å². The Labute approximate surface area is 78.3 Å². The number of rotatable bonds is 3. The summed E-state index contributed by atoms with van der Waals surface area (Å²) >= 11 is 0. The average molecular weight is 203 g/mol. The van der Waals surface area contributed by atoms with Crippen molar-refractivity contribution in [2.75, 3.05) is 0 Å². The Kier molecular flexibility index (Phi) is 3.11. The molecule has 0 saturated carbocycles. The highest BCUT2D eigenvalue weighted by Crippen LogP contribution is 2.31. The van der Waals surface area contributed by atoms with Crippen LogP contribution in [0.1, 0.15) is 11.1 Å². The van der Waals surface area contributed by atoms with E-state index in [0.717, 1.165) is 12.5 Å². The van der Waals surface area contributed by atoms with Crippen molar-refractivity contribution in [2.24, 2.45) is 0 Å². The highest BCUT2D eigenvalue weighted by atomic mass is 19.4. The van der Waals surface area contributed by atoms with E-state index in [0.29, 0.717) is 0 Å². The summed E-state index contributed by atoms with van der Waals surface area (Å²) in [6.45, 7) is 0.660. The molecule has 0 bridgehead atoms. The fourth-order valence-electron chi connectivity index (χ4n) is 1.03. The van der Waals surface area contributed by atoms with Crippen molar-refractivity contribution in [1.29, 1.82) is 0 Å². The Morgan fingerprint density at radius 2 is 1.93 bits per heavy atom. The maximum atomic E-state index is 12.3. The third kappa shape index (κ3) is 2.48. The molecule has 0 saturated heterocycles. The van der Waals surface area contributed by atoms with Crippen molar-refractivity contribution in [3.63, 3.8) is 0 Å². The summed E-state index contributed by atoms with van der Waals surface area (Å²) in [6, 6.07) is 4.90. The van der Waals surface area contributed by atoms with Gasteiger partial charge in [-0.2, -0.15) is 13.2 Å². The number of carbonyl (C=O) groups excluding carboxylic acids is 1. The van der Waals surface area contributed by atoms with Gasteiger partial charge >= 0.3 is 12.6 Å². The Morgan fingerprint density at radius 3 is 2.50 bits per heavy atom. The molecule has 0 aromatic heterocycles. The van der Waals surface area contributed by atoms with Gasteiger partial charge in [-0.05, 0) is 6.07 Å². The summed E-state index contributed by atoms with van der Waals surface area (Å²) in [7, 11) is 0. The van der Waals surface area contributed by atoms with Gasteiger partial charge in [0.15, 0.2) is 0 Å². The summed E-state index contributed by atoms with van der Waals surface area (Å²) in [4.78, 5) is 9.71. The smallest absolute Gasteiger partial charge is 0.417 e. The van der Waals surface area contributed by atoms with E-state index >= 15 is 0 Å². The van der Waals surface area contributed by atoms with Crippen molar-refractivity contribution in [3.8, 4) is 0 Å². The molecule has 5 heteroatoms. The van der Waals surface area contributed by atoms with Gasteiger partial charge in [0.05, 0.1) is 5.56 Å². The van der Waals surface area contributed by atoms with Crippen LogP contribution in [0.3, 0.4) is 0 Å². The molecule has 2 nitrogen and oxygen atoms in total. The SMILES string of the molecule is O=[C]OCc1ccccc1C(F)(F)F. The van der Waals surface area contributed by atoms with Crippen molar-refractivity contribution >= 4 is 6.47 Å². The Hall–Kier alpha value is -1.52. The molecule has 1 radical (unpaired) electrons. The first kappa shape index (κ1) is 10.6. The van der Waals surface area contributed by atoms with E-state index in [-0.39, 0.29) is 5.56 Å². The van der Waals surface area contributed by atoms with Crippen molar-refractivity contribution in [3.05, 3.63) is 35.4 Å². The van der Waals surface area contributed by atoms with Crippen LogP contribution in [0.15, 0.2) is 24.3 Å². The molecule has 1 rings (SSSR count). The standard InChI is InChI=1S/C9H6F3O2/c10-9(11,12)8-4-2-1-3-7(8)5-14-6-13/h1-4H,5H2. The minimum Gasteiger partial charge on any atom is -0.452 e. The minimum atomic E-state index is -4.43. The molecule has 0 unspecified atom stereocenters. The van der Waals surface area contributed by atoms with Gasteiger partial charge in [-0.15, -0.1) is 0 Å². The van der Waals surface area contributed by atoms with Crippen molar-refractivity contribution < 1.29 is 22.7 Å². The molecule has 0 atom stereocenters. The quantitative estimate of drug-likeness (QED) is 0.753. The highest BCUT2D eigenvalue weighted by molar-refractivity contribution is 5.39. The first-order valence-electron chi connectivity index (χ1n) is 3.69. The van der Waals surface area contributed by atoms with Crippen LogP contribution in [-0.2, 0) is 22.3 Å². The lowest BCUT2D eigenvalue weighted by Gasteiger charge is -2.10. The normalized spacial score (nSPS) is 11.1. The fourth-order valence-corrected chi connectivity index (χ4v) is 1.03. The molecule has 0 heterocycles. The van der Waals surface area contributed by atoms with Crippen LogP contribution < -0.4 is 0 Å². The second-order valence-electron chi connectivity index (χ2n) is 2.53. The zero-order valence-electron chi connectivity index (χ0n) is 6.97. The number of hydrogen-bond acceptors (Lipinski definition) is 2. The lowest BCUT2D eigenvalue weighted by atomic mass is 10.1. The lowest BCUT2D eigenvalue weighted by Crippen LogP contribution is -2.09. The zero-order chi connectivity index (χ0) is 10.6. The minimum absolute atomic E-state index is 0.0802. The summed E-state index contributed by atoms with van der Waals surface area (Å²) in [5.41, 5.74) is -0.876. The van der Waals surface area contributed by atoms with Crippen LogP contribution >= 0.6 is 0 Å².